The van der Waals surface area contributed by atoms with Crippen LogP contribution >= 0.6 is 0 Å². The average Bonchev–Trinajstić information content (AvgIpc) is 2.73. The highest BCUT2D eigenvalue weighted by Crippen LogP contribution is 2.33. The molecule has 0 radical (unpaired) electrons. The van der Waals surface area contributed by atoms with Crippen LogP contribution in [0.3, 0.4) is 0 Å². The molecule has 19 heavy (non-hydrogen) atoms. The number of allylic oxidation sites excluding steroid dienone is 5. The van der Waals surface area contributed by atoms with Crippen molar-refractivity contribution in [3.63, 3.8) is 0 Å². The third-order valence-electron chi connectivity index (χ3n) is 2.56. The van der Waals surface area contributed by atoms with Gasteiger partial charge in [-0.1, -0.05) is 31.7 Å². The van der Waals surface area contributed by atoms with E-state index >= 15 is 0 Å². The first-order chi connectivity index (χ1) is 9.01. The molecule has 0 aliphatic heterocycles. The molecule has 4 nitrogen and oxygen atoms in total. The van der Waals surface area contributed by atoms with Gasteiger partial charge in [0.1, 0.15) is 11.4 Å². The van der Waals surface area contributed by atoms with Crippen molar-refractivity contribution in [3.05, 3.63) is 42.0 Å². The van der Waals surface area contributed by atoms with Gasteiger partial charge in [0, 0.05) is 5.57 Å². The predicted octanol–water partition coefficient (Wildman–Crippen LogP) is 3.74. The summed E-state index contributed by atoms with van der Waals surface area (Å²) in [5.74, 6) is 1.09. The smallest absolute Gasteiger partial charge is 0.178 e. The number of nitrogens with one attached hydrogen (secondary N) is 1. The molecule has 1 aromatic rings. The van der Waals surface area contributed by atoms with Crippen molar-refractivity contribution in [2.24, 2.45) is 0 Å². The monoisotopic (exact) mass is 262 g/mol. The summed E-state index contributed by atoms with van der Waals surface area (Å²) in [5, 5.41) is 16.8. The Hall–Kier alpha value is -1.81. The van der Waals surface area contributed by atoms with Crippen molar-refractivity contribution in [2.45, 2.75) is 40.2 Å². The number of H-pyrrole nitrogens is 1. The summed E-state index contributed by atoms with van der Waals surface area (Å²) in [6.45, 7) is 11.2. The second kappa shape index (κ2) is 6.95. The summed E-state index contributed by atoms with van der Waals surface area (Å²) in [6, 6.07) is 0. The van der Waals surface area contributed by atoms with Gasteiger partial charge in [0.05, 0.1) is 11.9 Å². The minimum absolute atomic E-state index is 0.538. The van der Waals surface area contributed by atoms with Crippen LogP contribution < -0.4 is 4.74 Å². The summed E-state index contributed by atoms with van der Waals surface area (Å²) in [6.07, 6.45) is 6.27. The lowest BCUT2D eigenvalue weighted by Gasteiger charge is -2.09. The molecular weight excluding hydrogens is 240 g/mol. The molecule has 1 atom stereocenters. The molecule has 2 N–H and O–H groups in total. The lowest BCUT2D eigenvalue weighted by Crippen LogP contribution is -1.98. The first kappa shape index (κ1) is 15.2. The standard InChI is InChI=1S/C15H22N2O2/c1-6-8-9-12(7-2)14-15(19-10(3)4)13(11(5)18)16-17-14/h7-9,11,18H,3,6H2,1-2,4-5H3,(H,16,17)/b9-8-,12-7+. The summed E-state index contributed by atoms with van der Waals surface area (Å²) in [7, 11) is 0. The van der Waals surface area contributed by atoms with Crippen LogP contribution in [0.25, 0.3) is 5.57 Å². The number of ether oxygens (including phenoxy) is 1. The molecule has 1 rings (SSSR count). The van der Waals surface area contributed by atoms with Crippen molar-refractivity contribution in [1.82, 2.24) is 10.2 Å². The fourth-order valence-corrected chi connectivity index (χ4v) is 1.66. The van der Waals surface area contributed by atoms with Crippen LogP contribution in [0.15, 0.2) is 30.6 Å². The Balaban J connectivity index is 3.26. The van der Waals surface area contributed by atoms with Crippen LogP contribution in [0.4, 0.5) is 0 Å². The van der Waals surface area contributed by atoms with Gasteiger partial charge in [-0.05, 0) is 27.2 Å². The van der Waals surface area contributed by atoms with E-state index in [0.29, 0.717) is 22.9 Å². The molecule has 0 fully saturated rings. The fraction of sp³-hybridized carbons (Fsp3) is 0.400. The van der Waals surface area contributed by atoms with E-state index in [4.69, 9.17) is 4.74 Å². The Morgan fingerprint density at radius 3 is 2.74 bits per heavy atom. The SMILES string of the molecule is C=C(C)Oc1c(C(/C=C\CC)=C/C)n[nH]c1C(C)O. The van der Waals surface area contributed by atoms with Crippen molar-refractivity contribution >= 4 is 5.57 Å². The number of aliphatic hydroxyl groups is 1. The number of aromatic nitrogens is 2. The molecule has 1 unspecified atom stereocenters. The van der Waals surface area contributed by atoms with E-state index in [1.807, 2.05) is 19.1 Å². The fourth-order valence-electron chi connectivity index (χ4n) is 1.66. The van der Waals surface area contributed by atoms with Gasteiger partial charge in [0.2, 0.25) is 0 Å². The lowest BCUT2D eigenvalue weighted by molar-refractivity contribution is 0.190. The topological polar surface area (TPSA) is 58.1 Å². The molecule has 0 bridgehead atoms. The highest BCUT2D eigenvalue weighted by atomic mass is 16.5. The number of nitrogens with zero attached hydrogens (tertiary/aromatic N) is 1. The van der Waals surface area contributed by atoms with Gasteiger partial charge in [-0.25, -0.2) is 0 Å². The highest BCUT2D eigenvalue weighted by molar-refractivity contribution is 5.75. The Labute approximate surface area is 114 Å². The third-order valence-corrected chi connectivity index (χ3v) is 2.56. The first-order valence-corrected chi connectivity index (χ1v) is 6.44. The minimum atomic E-state index is -0.677. The van der Waals surface area contributed by atoms with E-state index < -0.39 is 6.10 Å². The molecule has 0 aliphatic rings. The number of hydrogen-bond acceptors (Lipinski definition) is 3. The molecule has 0 amide bonds. The molecule has 4 heteroatoms. The second-order valence-electron chi connectivity index (χ2n) is 4.35. The lowest BCUT2D eigenvalue weighted by atomic mass is 10.1. The summed E-state index contributed by atoms with van der Waals surface area (Å²) < 4.78 is 5.62. The molecule has 1 aromatic heterocycles. The van der Waals surface area contributed by atoms with Crippen molar-refractivity contribution in [2.75, 3.05) is 0 Å². The van der Waals surface area contributed by atoms with E-state index in [9.17, 15) is 5.11 Å². The van der Waals surface area contributed by atoms with Gasteiger partial charge in [0.25, 0.3) is 0 Å². The number of aromatic amines is 1. The Morgan fingerprint density at radius 2 is 2.26 bits per heavy atom. The van der Waals surface area contributed by atoms with Crippen LogP contribution in [-0.2, 0) is 0 Å². The maximum absolute atomic E-state index is 9.74. The summed E-state index contributed by atoms with van der Waals surface area (Å²) in [4.78, 5) is 0. The molecular formula is C15H22N2O2. The zero-order valence-electron chi connectivity index (χ0n) is 12.0. The average molecular weight is 262 g/mol. The van der Waals surface area contributed by atoms with Crippen molar-refractivity contribution in [1.29, 1.82) is 0 Å². The van der Waals surface area contributed by atoms with Crippen LogP contribution in [0.1, 0.15) is 51.6 Å². The van der Waals surface area contributed by atoms with E-state index in [1.165, 1.54) is 0 Å². The van der Waals surface area contributed by atoms with Crippen LogP contribution in [-0.4, -0.2) is 15.3 Å². The van der Waals surface area contributed by atoms with Crippen LogP contribution in [0.5, 0.6) is 5.75 Å². The van der Waals surface area contributed by atoms with Crippen LogP contribution in [0, 0.1) is 0 Å². The Morgan fingerprint density at radius 1 is 1.58 bits per heavy atom. The maximum atomic E-state index is 9.74. The third kappa shape index (κ3) is 3.83. The van der Waals surface area contributed by atoms with Gasteiger partial charge in [0.15, 0.2) is 5.75 Å². The number of rotatable bonds is 6. The first-order valence-electron chi connectivity index (χ1n) is 6.44. The number of hydrogen-bond donors (Lipinski definition) is 2. The molecule has 0 spiro atoms. The molecule has 0 aromatic carbocycles. The zero-order valence-corrected chi connectivity index (χ0v) is 12.0. The van der Waals surface area contributed by atoms with E-state index in [-0.39, 0.29) is 0 Å². The molecule has 0 saturated heterocycles. The molecule has 0 aliphatic carbocycles. The van der Waals surface area contributed by atoms with Gasteiger partial charge in [-0.15, -0.1) is 0 Å². The highest BCUT2D eigenvalue weighted by Gasteiger charge is 2.20. The molecule has 0 saturated carbocycles. The second-order valence-corrected chi connectivity index (χ2v) is 4.35. The summed E-state index contributed by atoms with van der Waals surface area (Å²) >= 11 is 0. The Bertz CT molecular complexity index is 496. The quantitative estimate of drug-likeness (QED) is 0.606. The zero-order chi connectivity index (χ0) is 14.4. The van der Waals surface area contributed by atoms with Gasteiger partial charge in [-0.3, -0.25) is 5.10 Å². The van der Waals surface area contributed by atoms with E-state index in [1.54, 1.807) is 13.8 Å². The minimum Gasteiger partial charge on any atom is -0.458 e. The Kier molecular flexibility index (Phi) is 5.57. The van der Waals surface area contributed by atoms with Gasteiger partial charge >= 0.3 is 0 Å². The van der Waals surface area contributed by atoms with Crippen LogP contribution in [0.2, 0.25) is 0 Å². The van der Waals surface area contributed by atoms with Crippen molar-refractivity contribution in [3.8, 4) is 5.75 Å². The van der Waals surface area contributed by atoms with Gasteiger partial charge < -0.3 is 9.84 Å². The predicted molar refractivity (Wildman–Crippen MR) is 77.7 cm³/mol. The molecule has 1 heterocycles. The normalized spacial score (nSPS) is 13.8. The largest absolute Gasteiger partial charge is 0.458 e. The number of aliphatic hydroxyl groups excluding tert-OH is 1. The van der Waals surface area contributed by atoms with E-state index in [0.717, 1.165) is 12.0 Å². The maximum Gasteiger partial charge on any atom is 0.178 e. The van der Waals surface area contributed by atoms with E-state index in [2.05, 4.69) is 29.8 Å². The van der Waals surface area contributed by atoms with Crippen molar-refractivity contribution < 1.29 is 9.84 Å². The van der Waals surface area contributed by atoms with Gasteiger partial charge in [-0.2, -0.15) is 5.10 Å². The molecule has 104 valence electrons. The summed E-state index contributed by atoms with van der Waals surface area (Å²) in [5.41, 5.74) is 2.19.